The standard InChI is InChI=1S/C21H26N6O2/c1-14-7-5-6-8-16(14)23-21-25-19(24-20(22)26-21)13-27(2)12-15-9-10-17(28-3)18(11-15)29-4/h5-11H,12-13H2,1-4H3,(H3,22,23,24,25,26). The van der Waals surface area contributed by atoms with Gasteiger partial charge in [-0.05, 0) is 43.3 Å². The van der Waals surface area contributed by atoms with E-state index in [-0.39, 0.29) is 5.95 Å². The van der Waals surface area contributed by atoms with Crippen LogP contribution < -0.4 is 20.5 Å². The number of hydrogen-bond acceptors (Lipinski definition) is 8. The quantitative estimate of drug-likeness (QED) is 0.601. The van der Waals surface area contributed by atoms with Crippen LogP contribution in [0, 0.1) is 6.92 Å². The average Bonchev–Trinajstić information content (AvgIpc) is 2.69. The molecule has 0 aliphatic carbocycles. The van der Waals surface area contributed by atoms with Gasteiger partial charge in [-0.15, -0.1) is 0 Å². The second-order valence-electron chi connectivity index (χ2n) is 6.73. The molecule has 0 unspecified atom stereocenters. The fourth-order valence-corrected chi connectivity index (χ4v) is 2.99. The number of hydrogen-bond donors (Lipinski definition) is 2. The van der Waals surface area contributed by atoms with Gasteiger partial charge in [0.05, 0.1) is 20.8 Å². The SMILES string of the molecule is COc1ccc(CN(C)Cc2nc(N)nc(Nc3ccccc3C)n2)cc1OC. The van der Waals surface area contributed by atoms with Crippen LogP contribution in [0.15, 0.2) is 42.5 Å². The zero-order valence-electron chi connectivity index (χ0n) is 17.1. The van der Waals surface area contributed by atoms with Crippen molar-refractivity contribution in [1.82, 2.24) is 19.9 Å². The summed E-state index contributed by atoms with van der Waals surface area (Å²) < 4.78 is 10.7. The maximum Gasteiger partial charge on any atom is 0.232 e. The Balaban J connectivity index is 1.71. The van der Waals surface area contributed by atoms with Crippen molar-refractivity contribution in [3.63, 3.8) is 0 Å². The first-order valence-corrected chi connectivity index (χ1v) is 9.21. The summed E-state index contributed by atoms with van der Waals surface area (Å²) in [6.07, 6.45) is 0. The van der Waals surface area contributed by atoms with Crippen LogP contribution in [-0.4, -0.2) is 41.1 Å². The highest BCUT2D eigenvalue weighted by Gasteiger charge is 2.11. The first kappa shape index (κ1) is 20.3. The van der Waals surface area contributed by atoms with Crippen molar-refractivity contribution in [3.8, 4) is 11.5 Å². The van der Waals surface area contributed by atoms with E-state index in [4.69, 9.17) is 15.2 Å². The van der Waals surface area contributed by atoms with E-state index in [2.05, 4.69) is 25.2 Å². The van der Waals surface area contributed by atoms with Crippen molar-refractivity contribution in [1.29, 1.82) is 0 Å². The molecule has 0 amide bonds. The number of methoxy groups -OCH3 is 2. The number of nitrogens with one attached hydrogen (secondary N) is 1. The maximum atomic E-state index is 5.90. The van der Waals surface area contributed by atoms with E-state index in [1.165, 1.54) is 0 Å². The van der Waals surface area contributed by atoms with Crippen LogP contribution >= 0.6 is 0 Å². The highest BCUT2D eigenvalue weighted by molar-refractivity contribution is 5.58. The Kier molecular flexibility index (Phi) is 6.46. The Morgan fingerprint density at radius 3 is 2.45 bits per heavy atom. The lowest BCUT2D eigenvalue weighted by molar-refractivity contribution is 0.308. The zero-order chi connectivity index (χ0) is 20.8. The number of para-hydroxylation sites is 1. The van der Waals surface area contributed by atoms with Crippen molar-refractivity contribution >= 4 is 17.6 Å². The van der Waals surface area contributed by atoms with E-state index in [1.54, 1.807) is 14.2 Å². The average molecular weight is 394 g/mol. The Morgan fingerprint density at radius 2 is 1.72 bits per heavy atom. The molecule has 0 fully saturated rings. The van der Waals surface area contributed by atoms with Crippen molar-refractivity contribution < 1.29 is 9.47 Å². The van der Waals surface area contributed by atoms with Crippen molar-refractivity contribution in [2.24, 2.45) is 0 Å². The third-order valence-corrected chi connectivity index (χ3v) is 4.40. The summed E-state index contributed by atoms with van der Waals surface area (Å²) >= 11 is 0. The smallest absolute Gasteiger partial charge is 0.232 e. The maximum absolute atomic E-state index is 5.90. The van der Waals surface area contributed by atoms with Crippen LogP contribution in [0.4, 0.5) is 17.6 Å². The molecule has 0 aliphatic heterocycles. The molecule has 0 bridgehead atoms. The van der Waals surface area contributed by atoms with Gasteiger partial charge in [-0.2, -0.15) is 15.0 Å². The molecule has 0 radical (unpaired) electrons. The van der Waals surface area contributed by atoms with Crippen LogP contribution in [0.3, 0.4) is 0 Å². The third kappa shape index (κ3) is 5.32. The van der Waals surface area contributed by atoms with Gasteiger partial charge in [-0.25, -0.2) is 0 Å². The lowest BCUT2D eigenvalue weighted by Gasteiger charge is -2.17. The predicted octanol–water partition coefficient (Wildman–Crippen LogP) is 3.16. The van der Waals surface area contributed by atoms with E-state index in [1.807, 2.05) is 56.4 Å². The van der Waals surface area contributed by atoms with Crippen LogP contribution in [0.1, 0.15) is 17.0 Å². The Bertz CT molecular complexity index is 979. The lowest BCUT2D eigenvalue weighted by Crippen LogP contribution is -2.20. The molecule has 1 heterocycles. The molecule has 8 heteroatoms. The van der Waals surface area contributed by atoms with Crippen LogP contribution in [0.5, 0.6) is 11.5 Å². The van der Waals surface area contributed by atoms with Gasteiger partial charge in [-0.1, -0.05) is 24.3 Å². The zero-order valence-corrected chi connectivity index (χ0v) is 17.1. The highest BCUT2D eigenvalue weighted by Crippen LogP contribution is 2.28. The molecule has 29 heavy (non-hydrogen) atoms. The summed E-state index contributed by atoms with van der Waals surface area (Å²) in [4.78, 5) is 15.1. The van der Waals surface area contributed by atoms with Gasteiger partial charge >= 0.3 is 0 Å². The lowest BCUT2D eigenvalue weighted by atomic mass is 10.2. The van der Waals surface area contributed by atoms with E-state index in [0.717, 1.165) is 16.8 Å². The molecule has 0 aliphatic rings. The van der Waals surface area contributed by atoms with E-state index in [0.29, 0.717) is 36.4 Å². The second kappa shape index (κ2) is 9.20. The molecule has 0 saturated heterocycles. The van der Waals surface area contributed by atoms with Crippen molar-refractivity contribution in [3.05, 3.63) is 59.4 Å². The number of aryl methyl sites for hydroxylation is 1. The van der Waals surface area contributed by atoms with Crippen molar-refractivity contribution in [2.45, 2.75) is 20.0 Å². The summed E-state index contributed by atoms with van der Waals surface area (Å²) in [5, 5.41) is 3.21. The minimum atomic E-state index is 0.186. The first-order chi connectivity index (χ1) is 14.0. The second-order valence-corrected chi connectivity index (χ2v) is 6.73. The van der Waals surface area contributed by atoms with E-state index >= 15 is 0 Å². The fourth-order valence-electron chi connectivity index (χ4n) is 2.99. The topological polar surface area (TPSA) is 98.4 Å². The molecule has 152 valence electrons. The monoisotopic (exact) mass is 394 g/mol. The normalized spacial score (nSPS) is 10.8. The molecule has 3 N–H and O–H groups in total. The Morgan fingerprint density at radius 1 is 0.966 bits per heavy atom. The van der Waals surface area contributed by atoms with Crippen LogP contribution in [0.2, 0.25) is 0 Å². The van der Waals surface area contributed by atoms with Gasteiger partial charge in [0.2, 0.25) is 11.9 Å². The minimum Gasteiger partial charge on any atom is -0.493 e. The molecule has 8 nitrogen and oxygen atoms in total. The number of anilines is 3. The largest absolute Gasteiger partial charge is 0.493 e. The van der Waals surface area contributed by atoms with Gasteiger partial charge in [0.15, 0.2) is 11.5 Å². The number of nitrogens with two attached hydrogens (primary N) is 1. The highest BCUT2D eigenvalue weighted by atomic mass is 16.5. The van der Waals surface area contributed by atoms with Crippen LogP contribution in [0.25, 0.3) is 0 Å². The number of benzene rings is 2. The molecular formula is C21H26N6O2. The van der Waals surface area contributed by atoms with E-state index < -0.39 is 0 Å². The molecule has 0 saturated carbocycles. The Hall–Kier alpha value is -3.39. The molecule has 3 rings (SSSR count). The molecule has 1 aromatic heterocycles. The van der Waals surface area contributed by atoms with Gasteiger partial charge in [0, 0.05) is 12.2 Å². The first-order valence-electron chi connectivity index (χ1n) is 9.21. The molecule has 2 aromatic carbocycles. The predicted molar refractivity (Wildman–Crippen MR) is 113 cm³/mol. The summed E-state index contributed by atoms with van der Waals surface area (Å²) in [5.41, 5.74) is 9.02. The Labute approximate surface area is 170 Å². The molecule has 0 spiro atoms. The van der Waals surface area contributed by atoms with Gasteiger partial charge < -0.3 is 20.5 Å². The summed E-state index contributed by atoms with van der Waals surface area (Å²) in [7, 11) is 5.24. The van der Waals surface area contributed by atoms with Gasteiger partial charge in [0.1, 0.15) is 5.82 Å². The third-order valence-electron chi connectivity index (χ3n) is 4.40. The van der Waals surface area contributed by atoms with Gasteiger partial charge in [-0.3, -0.25) is 4.90 Å². The summed E-state index contributed by atoms with van der Waals surface area (Å²) in [6.45, 7) is 3.22. The van der Waals surface area contributed by atoms with Crippen LogP contribution in [-0.2, 0) is 13.1 Å². The number of aromatic nitrogens is 3. The minimum absolute atomic E-state index is 0.186. The van der Waals surface area contributed by atoms with Gasteiger partial charge in [0.25, 0.3) is 0 Å². The molecule has 0 atom stereocenters. The molecule has 3 aromatic rings. The number of nitrogen functional groups attached to an aromatic ring is 1. The molecular weight excluding hydrogens is 368 g/mol. The summed E-state index contributed by atoms with van der Waals surface area (Å²) in [6, 6.07) is 13.8. The summed E-state index contributed by atoms with van der Waals surface area (Å²) in [5.74, 6) is 2.62. The number of ether oxygens (including phenoxy) is 2. The van der Waals surface area contributed by atoms with Crippen molar-refractivity contribution in [2.75, 3.05) is 32.3 Å². The number of nitrogens with zero attached hydrogens (tertiary/aromatic N) is 4. The fraction of sp³-hybridized carbons (Fsp3) is 0.286. The number of rotatable bonds is 8. The van der Waals surface area contributed by atoms with E-state index in [9.17, 15) is 0 Å².